The molecule has 0 bridgehead atoms. The standard InChI is InChI=1S/C30H32FN3O4/c1-2-16-37-25-11-6-21(7-12-25)29(35)27(18-34-14-3-15-34)32-30(36)28-26-13-8-22(17-23(26)19-38-33-28)20-4-9-24(31)10-5-20/h4-13,17,27,29,35H,2-3,14-16,18-19H2,1H3,(H,32,36)/t27-,29-/m1/s1. The molecule has 3 aromatic carbocycles. The van der Waals surface area contributed by atoms with Crippen molar-refractivity contribution in [2.24, 2.45) is 5.16 Å². The number of nitrogens with zero attached hydrogens (tertiary/aromatic N) is 2. The number of oxime groups is 1. The van der Waals surface area contributed by atoms with Crippen molar-refractivity contribution < 1.29 is 23.9 Å². The van der Waals surface area contributed by atoms with E-state index in [0.717, 1.165) is 48.4 Å². The van der Waals surface area contributed by atoms with Gasteiger partial charge < -0.3 is 24.9 Å². The monoisotopic (exact) mass is 517 g/mol. The second kappa shape index (κ2) is 11.8. The highest BCUT2D eigenvalue weighted by Gasteiger charge is 2.31. The van der Waals surface area contributed by atoms with Crippen LogP contribution in [0.25, 0.3) is 11.1 Å². The lowest BCUT2D eigenvalue weighted by Crippen LogP contribution is -2.52. The average Bonchev–Trinajstić information content (AvgIpc) is 2.92. The second-order valence-corrected chi connectivity index (χ2v) is 9.69. The van der Waals surface area contributed by atoms with Gasteiger partial charge in [0.2, 0.25) is 0 Å². The summed E-state index contributed by atoms with van der Waals surface area (Å²) in [5.41, 5.74) is 4.12. The van der Waals surface area contributed by atoms with Gasteiger partial charge in [0.25, 0.3) is 5.91 Å². The zero-order valence-corrected chi connectivity index (χ0v) is 21.4. The molecule has 1 amide bonds. The Balaban J connectivity index is 1.33. The molecule has 1 fully saturated rings. The molecule has 0 aliphatic carbocycles. The number of carbonyl (C=O) groups excluding carboxylic acids is 1. The molecular formula is C30H32FN3O4. The maximum atomic E-state index is 13.4. The topological polar surface area (TPSA) is 83.4 Å². The number of nitrogens with one attached hydrogen (secondary N) is 1. The van der Waals surface area contributed by atoms with Crippen LogP contribution < -0.4 is 10.1 Å². The van der Waals surface area contributed by atoms with E-state index >= 15 is 0 Å². The maximum absolute atomic E-state index is 13.4. The van der Waals surface area contributed by atoms with Gasteiger partial charge in [-0.25, -0.2) is 4.39 Å². The smallest absolute Gasteiger partial charge is 0.274 e. The zero-order chi connectivity index (χ0) is 26.5. The number of hydrogen-bond donors (Lipinski definition) is 2. The van der Waals surface area contributed by atoms with Crippen LogP contribution in [0.15, 0.2) is 71.9 Å². The number of aliphatic hydroxyl groups is 1. The lowest BCUT2D eigenvalue weighted by atomic mass is 9.95. The van der Waals surface area contributed by atoms with Crippen molar-refractivity contribution in [1.29, 1.82) is 0 Å². The van der Waals surface area contributed by atoms with Gasteiger partial charge in [0, 0.05) is 17.7 Å². The maximum Gasteiger partial charge on any atom is 0.274 e. The van der Waals surface area contributed by atoms with Crippen molar-refractivity contribution in [3.63, 3.8) is 0 Å². The number of aliphatic hydroxyl groups excluding tert-OH is 1. The number of benzene rings is 3. The SMILES string of the molecule is CCCOc1ccc([C@@H](O)[C@@H](CN2CCC2)NC(=O)C2=NOCc3cc(-c4ccc(F)cc4)ccc32)cc1. The van der Waals surface area contributed by atoms with Crippen molar-refractivity contribution in [2.45, 2.75) is 38.5 Å². The van der Waals surface area contributed by atoms with E-state index in [0.29, 0.717) is 24.3 Å². The predicted octanol–water partition coefficient (Wildman–Crippen LogP) is 4.44. The van der Waals surface area contributed by atoms with Crippen molar-refractivity contribution >= 4 is 11.6 Å². The average molecular weight is 518 g/mol. The number of carbonyl (C=O) groups is 1. The highest BCUT2D eigenvalue weighted by atomic mass is 19.1. The van der Waals surface area contributed by atoms with Crippen LogP contribution in [0.1, 0.15) is 42.6 Å². The number of amides is 1. The minimum absolute atomic E-state index is 0.168. The molecule has 2 N–H and O–H groups in total. The number of hydrogen-bond acceptors (Lipinski definition) is 6. The molecule has 8 heteroatoms. The molecule has 38 heavy (non-hydrogen) atoms. The van der Waals surface area contributed by atoms with Gasteiger partial charge in [-0.05, 0) is 73.0 Å². The quantitative estimate of drug-likeness (QED) is 0.416. The van der Waals surface area contributed by atoms with Crippen molar-refractivity contribution in [3.05, 3.63) is 89.2 Å². The van der Waals surface area contributed by atoms with Gasteiger partial charge in [-0.15, -0.1) is 0 Å². The summed E-state index contributed by atoms with van der Waals surface area (Å²) >= 11 is 0. The summed E-state index contributed by atoms with van der Waals surface area (Å²) in [6, 6.07) is 18.7. The van der Waals surface area contributed by atoms with Crippen LogP contribution in [-0.4, -0.2) is 53.9 Å². The molecule has 5 rings (SSSR count). The fourth-order valence-corrected chi connectivity index (χ4v) is 4.66. The van der Waals surface area contributed by atoms with Crippen LogP contribution in [0.2, 0.25) is 0 Å². The summed E-state index contributed by atoms with van der Waals surface area (Å²) in [5, 5.41) is 18.3. The van der Waals surface area contributed by atoms with E-state index in [1.807, 2.05) is 49.4 Å². The van der Waals surface area contributed by atoms with Gasteiger partial charge in [0.1, 0.15) is 24.3 Å². The van der Waals surface area contributed by atoms with Crippen LogP contribution >= 0.6 is 0 Å². The first-order chi connectivity index (χ1) is 18.5. The molecule has 0 unspecified atom stereocenters. The van der Waals surface area contributed by atoms with Crippen molar-refractivity contribution in [2.75, 3.05) is 26.2 Å². The summed E-state index contributed by atoms with van der Waals surface area (Å²) in [6.45, 7) is 5.29. The van der Waals surface area contributed by atoms with Crippen LogP contribution in [-0.2, 0) is 16.2 Å². The molecule has 0 aromatic heterocycles. The highest BCUT2D eigenvalue weighted by molar-refractivity contribution is 6.45. The molecule has 198 valence electrons. The molecule has 1 saturated heterocycles. The minimum Gasteiger partial charge on any atom is -0.494 e. The van der Waals surface area contributed by atoms with E-state index in [1.165, 1.54) is 12.1 Å². The lowest BCUT2D eigenvalue weighted by molar-refractivity contribution is -0.116. The number of rotatable bonds is 10. The minimum atomic E-state index is -0.912. The van der Waals surface area contributed by atoms with Gasteiger partial charge in [0.05, 0.1) is 12.6 Å². The Bertz CT molecular complexity index is 1290. The molecule has 2 atom stereocenters. The molecule has 2 aliphatic heterocycles. The van der Waals surface area contributed by atoms with E-state index in [2.05, 4.69) is 15.4 Å². The van der Waals surface area contributed by atoms with E-state index in [-0.39, 0.29) is 18.1 Å². The first kappa shape index (κ1) is 25.9. The number of likely N-dealkylation sites (tertiary alicyclic amines) is 1. The molecule has 2 aliphatic rings. The Kier molecular flexibility index (Phi) is 8.00. The van der Waals surface area contributed by atoms with Gasteiger partial charge in [-0.2, -0.15) is 0 Å². The normalized spacial score (nSPS) is 16.3. The second-order valence-electron chi connectivity index (χ2n) is 9.69. The van der Waals surface area contributed by atoms with Gasteiger partial charge in [0.15, 0.2) is 5.71 Å². The van der Waals surface area contributed by atoms with Gasteiger partial charge in [-0.1, -0.05) is 48.5 Å². The number of halogens is 1. The first-order valence-electron chi connectivity index (χ1n) is 13.0. The first-order valence-corrected chi connectivity index (χ1v) is 13.0. The fourth-order valence-electron chi connectivity index (χ4n) is 4.66. The largest absolute Gasteiger partial charge is 0.494 e. The molecule has 0 spiro atoms. The number of fused-ring (bicyclic) bond motifs is 1. The van der Waals surface area contributed by atoms with E-state index in [4.69, 9.17) is 9.57 Å². The third-order valence-electron chi connectivity index (χ3n) is 6.92. The summed E-state index contributed by atoms with van der Waals surface area (Å²) in [7, 11) is 0. The Morgan fingerprint density at radius 2 is 1.84 bits per heavy atom. The summed E-state index contributed by atoms with van der Waals surface area (Å²) in [5.74, 6) is 0.0429. The molecule has 2 heterocycles. The Hall–Kier alpha value is -3.75. The van der Waals surface area contributed by atoms with Gasteiger partial charge >= 0.3 is 0 Å². The van der Waals surface area contributed by atoms with E-state index < -0.39 is 18.1 Å². The summed E-state index contributed by atoms with van der Waals surface area (Å²) in [4.78, 5) is 21.1. The molecule has 0 saturated carbocycles. The van der Waals surface area contributed by atoms with Gasteiger partial charge in [-0.3, -0.25) is 4.79 Å². The third-order valence-corrected chi connectivity index (χ3v) is 6.92. The van der Waals surface area contributed by atoms with Crippen LogP contribution in [0.4, 0.5) is 4.39 Å². The van der Waals surface area contributed by atoms with Crippen LogP contribution in [0, 0.1) is 5.82 Å². The zero-order valence-electron chi connectivity index (χ0n) is 21.4. The van der Waals surface area contributed by atoms with Crippen LogP contribution in [0.5, 0.6) is 5.75 Å². The van der Waals surface area contributed by atoms with Crippen molar-refractivity contribution in [3.8, 4) is 16.9 Å². The summed E-state index contributed by atoms with van der Waals surface area (Å²) < 4.78 is 19.0. The lowest BCUT2D eigenvalue weighted by Gasteiger charge is -2.36. The molecular weight excluding hydrogens is 485 g/mol. The molecule has 3 aromatic rings. The Morgan fingerprint density at radius 3 is 2.53 bits per heavy atom. The van der Waals surface area contributed by atoms with E-state index in [1.54, 1.807) is 12.1 Å². The summed E-state index contributed by atoms with van der Waals surface area (Å²) in [6.07, 6.45) is 1.11. The predicted molar refractivity (Wildman–Crippen MR) is 143 cm³/mol. The fraction of sp³-hybridized carbons (Fsp3) is 0.333. The number of ether oxygens (including phenoxy) is 1. The molecule has 0 radical (unpaired) electrons. The third kappa shape index (κ3) is 5.87. The Morgan fingerprint density at radius 1 is 1.11 bits per heavy atom. The highest BCUT2D eigenvalue weighted by Crippen LogP contribution is 2.27. The van der Waals surface area contributed by atoms with E-state index in [9.17, 15) is 14.3 Å². The Labute approximate surface area is 221 Å². The van der Waals surface area contributed by atoms with Crippen molar-refractivity contribution in [1.82, 2.24) is 10.2 Å². The molecule has 7 nitrogen and oxygen atoms in total. The van der Waals surface area contributed by atoms with Crippen LogP contribution in [0.3, 0.4) is 0 Å².